The van der Waals surface area contributed by atoms with Crippen LogP contribution >= 0.6 is 22.6 Å². The minimum Gasteiger partial charge on any atom is -0.225 e. The summed E-state index contributed by atoms with van der Waals surface area (Å²) in [5.41, 5.74) is -3.54. The van der Waals surface area contributed by atoms with Gasteiger partial charge >= 0.3 is 12.4 Å². The first-order valence-electron chi connectivity index (χ1n) is 4.25. The van der Waals surface area contributed by atoms with E-state index in [-0.39, 0.29) is 12.1 Å². The van der Waals surface area contributed by atoms with E-state index in [1.54, 1.807) is 0 Å². The molecule has 1 aromatic rings. The summed E-state index contributed by atoms with van der Waals surface area (Å²) in [6.45, 7) is 0. The van der Waals surface area contributed by atoms with Crippen molar-refractivity contribution in [3.63, 3.8) is 0 Å². The molecule has 1 rings (SSSR count). The van der Waals surface area contributed by atoms with Gasteiger partial charge in [0.25, 0.3) is 0 Å². The van der Waals surface area contributed by atoms with Crippen LogP contribution in [0.2, 0.25) is 0 Å². The van der Waals surface area contributed by atoms with E-state index in [0.717, 1.165) is 22.6 Å². The van der Waals surface area contributed by atoms with Crippen molar-refractivity contribution in [2.24, 2.45) is 5.14 Å². The molecular weight excluding hydrogens is 415 g/mol. The Morgan fingerprint density at radius 3 is 1.79 bits per heavy atom. The summed E-state index contributed by atoms with van der Waals surface area (Å²) >= 11 is 1.06. The van der Waals surface area contributed by atoms with Crippen molar-refractivity contribution in [3.8, 4) is 0 Å². The van der Waals surface area contributed by atoms with Crippen LogP contribution in [0.1, 0.15) is 11.1 Å². The van der Waals surface area contributed by atoms with E-state index in [4.69, 9.17) is 0 Å². The van der Waals surface area contributed by atoms with Crippen LogP contribution in [0.4, 0.5) is 26.3 Å². The van der Waals surface area contributed by atoms with E-state index in [9.17, 15) is 34.8 Å². The summed E-state index contributed by atoms with van der Waals surface area (Å²) in [6, 6.07) is 0.0114. The molecule has 19 heavy (non-hydrogen) atoms. The first-order valence-corrected chi connectivity index (χ1v) is 6.88. The van der Waals surface area contributed by atoms with E-state index < -0.39 is 42.0 Å². The lowest BCUT2D eigenvalue weighted by Gasteiger charge is -2.16. The number of sulfonamides is 1. The Bertz CT molecular complexity index is 607. The van der Waals surface area contributed by atoms with E-state index in [1.807, 2.05) is 0 Å². The van der Waals surface area contributed by atoms with E-state index >= 15 is 0 Å². The highest BCUT2D eigenvalue weighted by Crippen LogP contribution is 2.40. The second kappa shape index (κ2) is 4.77. The van der Waals surface area contributed by atoms with Gasteiger partial charge in [-0.15, -0.1) is 0 Å². The number of hydrogen-bond donors (Lipinski definition) is 1. The fourth-order valence-electron chi connectivity index (χ4n) is 1.26. The molecule has 0 unspecified atom stereocenters. The predicted molar refractivity (Wildman–Crippen MR) is 60.5 cm³/mol. The average Bonchev–Trinajstić information content (AvgIpc) is 2.11. The fourth-order valence-corrected chi connectivity index (χ4v) is 3.62. The molecule has 0 aliphatic rings. The van der Waals surface area contributed by atoms with E-state index in [0.29, 0.717) is 0 Å². The first kappa shape index (κ1) is 16.5. The van der Waals surface area contributed by atoms with Crippen molar-refractivity contribution < 1.29 is 34.8 Å². The third kappa shape index (κ3) is 3.72. The molecule has 0 spiro atoms. The Labute approximate surface area is 117 Å². The monoisotopic (exact) mass is 419 g/mol. The summed E-state index contributed by atoms with van der Waals surface area (Å²) in [6.07, 6.45) is -10.3. The topological polar surface area (TPSA) is 60.2 Å². The number of halogens is 7. The molecule has 3 nitrogen and oxygen atoms in total. The van der Waals surface area contributed by atoms with E-state index in [1.165, 1.54) is 0 Å². The molecule has 0 atom stereocenters. The zero-order chi connectivity index (χ0) is 15.2. The van der Waals surface area contributed by atoms with Crippen LogP contribution < -0.4 is 5.14 Å². The highest BCUT2D eigenvalue weighted by molar-refractivity contribution is 14.1. The third-order valence-electron chi connectivity index (χ3n) is 1.96. The second-order valence-electron chi connectivity index (χ2n) is 3.38. The molecule has 0 amide bonds. The summed E-state index contributed by atoms with van der Waals surface area (Å²) < 4.78 is 96.5. The largest absolute Gasteiger partial charge is 0.417 e. The second-order valence-corrected chi connectivity index (χ2v) is 6.04. The lowest BCUT2D eigenvalue weighted by molar-refractivity contribution is -0.144. The van der Waals surface area contributed by atoms with Crippen molar-refractivity contribution >= 4 is 32.6 Å². The maximum atomic E-state index is 12.6. The molecule has 0 aliphatic heterocycles. The van der Waals surface area contributed by atoms with Crippen LogP contribution in [0.15, 0.2) is 17.0 Å². The van der Waals surface area contributed by atoms with Crippen molar-refractivity contribution in [2.75, 3.05) is 0 Å². The summed E-state index contributed by atoms with van der Waals surface area (Å²) in [5.74, 6) is 0. The molecule has 0 fully saturated rings. The molecule has 0 aliphatic carbocycles. The number of nitrogens with two attached hydrogens (primary N) is 1. The number of primary sulfonamides is 1. The van der Waals surface area contributed by atoms with Gasteiger partial charge in [-0.25, -0.2) is 13.6 Å². The highest BCUT2D eigenvalue weighted by atomic mass is 127. The molecule has 11 heteroatoms. The maximum Gasteiger partial charge on any atom is 0.417 e. The zero-order valence-electron chi connectivity index (χ0n) is 8.60. The van der Waals surface area contributed by atoms with Crippen LogP contribution in [-0.2, 0) is 22.4 Å². The van der Waals surface area contributed by atoms with Gasteiger partial charge in [0.2, 0.25) is 10.0 Å². The van der Waals surface area contributed by atoms with Gasteiger partial charge in [-0.1, -0.05) is 0 Å². The van der Waals surface area contributed by atoms with Crippen LogP contribution in [0.25, 0.3) is 0 Å². The quantitative estimate of drug-likeness (QED) is 0.563. The molecule has 0 saturated heterocycles. The molecule has 0 saturated carbocycles. The lowest BCUT2D eigenvalue weighted by Crippen LogP contribution is -2.22. The molecule has 0 heterocycles. The third-order valence-corrected chi connectivity index (χ3v) is 4.19. The smallest absolute Gasteiger partial charge is 0.225 e. The summed E-state index contributed by atoms with van der Waals surface area (Å²) in [5, 5.41) is 4.60. The minimum atomic E-state index is -5.27. The van der Waals surface area contributed by atoms with Gasteiger partial charge in [0.1, 0.15) is 4.90 Å². The molecule has 2 N–H and O–H groups in total. The van der Waals surface area contributed by atoms with Gasteiger partial charge < -0.3 is 0 Å². The van der Waals surface area contributed by atoms with Crippen LogP contribution in [0.5, 0.6) is 0 Å². The average molecular weight is 419 g/mol. The van der Waals surface area contributed by atoms with Gasteiger partial charge in [0, 0.05) is 3.57 Å². The zero-order valence-corrected chi connectivity index (χ0v) is 11.6. The normalized spacial score (nSPS) is 13.7. The van der Waals surface area contributed by atoms with Crippen molar-refractivity contribution in [3.05, 3.63) is 26.8 Å². The van der Waals surface area contributed by atoms with Crippen LogP contribution in [-0.4, -0.2) is 8.42 Å². The maximum absolute atomic E-state index is 12.6. The summed E-state index contributed by atoms with van der Waals surface area (Å²) in [7, 11) is -4.80. The van der Waals surface area contributed by atoms with Crippen molar-refractivity contribution in [1.82, 2.24) is 0 Å². The van der Waals surface area contributed by atoms with Crippen molar-refractivity contribution in [2.45, 2.75) is 17.2 Å². The highest BCUT2D eigenvalue weighted by Gasteiger charge is 2.41. The Kier molecular flexibility index (Phi) is 4.14. The predicted octanol–water partition coefficient (Wildman–Crippen LogP) is 2.98. The molecule has 1 aromatic carbocycles. The molecular formula is C8H4F6INO2S. The number of hydrogen-bond acceptors (Lipinski definition) is 2. The molecule has 0 radical (unpaired) electrons. The number of alkyl halides is 6. The molecule has 0 aromatic heterocycles. The Morgan fingerprint density at radius 2 is 1.47 bits per heavy atom. The first-order chi connectivity index (χ1) is 8.24. The Hall–Kier alpha value is -0.560. The van der Waals surface area contributed by atoms with Crippen LogP contribution in [0.3, 0.4) is 0 Å². The Balaban J connectivity index is 3.79. The fraction of sp³-hybridized carbons (Fsp3) is 0.250. The van der Waals surface area contributed by atoms with Gasteiger partial charge in [-0.2, -0.15) is 26.3 Å². The van der Waals surface area contributed by atoms with Crippen molar-refractivity contribution in [1.29, 1.82) is 0 Å². The molecule has 108 valence electrons. The molecule has 0 bridgehead atoms. The standard InChI is InChI=1S/C8H4F6INO2S/c9-7(10,11)3-1-4(8(12,13)14)6(5(15)2-3)19(16,17)18/h1-2H,(H2,16,17,18). The van der Waals surface area contributed by atoms with Gasteiger partial charge in [-0.3, -0.25) is 0 Å². The number of benzene rings is 1. The van der Waals surface area contributed by atoms with Gasteiger partial charge in [0.15, 0.2) is 0 Å². The summed E-state index contributed by atoms with van der Waals surface area (Å²) in [4.78, 5) is -1.37. The lowest BCUT2D eigenvalue weighted by atomic mass is 10.1. The van der Waals surface area contributed by atoms with Crippen LogP contribution in [0, 0.1) is 3.57 Å². The Morgan fingerprint density at radius 1 is 1.00 bits per heavy atom. The van der Waals surface area contributed by atoms with E-state index in [2.05, 4.69) is 5.14 Å². The SMILES string of the molecule is NS(=O)(=O)c1c(I)cc(C(F)(F)F)cc1C(F)(F)F. The number of rotatable bonds is 1. The van der Waals surface area contributed by atoms with Gasteiger partial charge in [0.05, 0.1) is 11.1 Å². The minimum absolute atomic E-state index is 0.276. The van der Waals surface area contributed by atoms with Gasteiger partial charge in [-0.05, 0) is 34.7 Å².